The summed E-state index contributed by atoms with van der Waals surface area (Å²) in [5, 5.41) is 39.8. The highest BCUT2D eigenvalue weighted by Crippen LogP contribution is 2.35. The molecule has 0 bridgehead atoms. The number of hydrogen-bond acceptors (Lipinski definition) is 9. The third kappa shape index (κ3) is 10.0. The van der Waals surface area contributed by atoms with Gasteiger partial charge in [0.15, 0.2) is 17.5 Å². The van der Waals surface area contributed by atoms with Gasteiger partial charge >= 0.3 is 23.9 Å². The van der Waals surface area contributed by atoms with E-state index in [4.69, 9.17) is 25.4 Å². The van der Waals surface area contributed by atoms with Gasteiger partial charge in [0.2, 0.25) is 0 Å². The number of rotatable bonds is 12. The molecule has 53 heavy (non-hydrogen) atoms. The van der Waals surface area contributed by atoms with Gasteiger partial charge in [0.25, 0.3) is 5.91 Å². The number of nitrogens with one attached hydrogen (secondary N) is 2. The topological polar surface area (TPSA) is 239 Å². The molecule has 16 heteroatoms. The van der Waals surface area contributed by atoms with Crippen molar-refractivity contribution in [3.05, 3.63) is 118 Å². The van der Waals surface area contributed by atoms with Gasteiger partial charge in [-0.05, 0) is 78.1 Å². The number of para-hydroxylation sites is 1. The quantitative estimate of drug-likeness (QED) is 0.0495. The van der Waals surface area contributed by atoms with Crippen molar-refractivity contribution >= 4 is 53.8 Å². The summed E-state index contributed by atoms with van der Waals surface area (Å²) < 4.78 is 17.5. The minimum atomic E-state index is -1.91. The second-order valence-corrected chi connectivity index (χ2v) is 11.7. The van der Waals surface area contributed by atoms with Gasteiger partial charge in [0.05, 0.1) is 29.7 Å². The van der Waals surface area contributed by atoms with Crippen LogP contribution >= 0.6 is 12.4 Å². The van der Waals surface area contributed by atoms with Crippen molar-refractivity contribution in [3.63, 3.8) is 0 Å². The number of aryl methyl sites for hydroxylation is 1. The minimum Gasteiger partial charge on any atom is -0.489 e. The van der Waals surface area contributed by atoms with E-state index in [2.05, 4.69) is 5.32 Å². The zero-order valence-electron chi connectivity index (χ0n) is 27.9. The number of ether oxygens (including phenoxy) is 3. The van der Waals surface area contributed by atoms with Crippen molar-refractivity contribution in [2.45, 2.75) is 38.5 Å². The molecule has 1 amide bonds. The third-order valence-electron chi connectivity index (χ3n) is 7.96. The molecule has 0 saturated carbocycles. The van der Waals surface area contributed by atoms with Gasteiger partial charge in [0.1, 0.15) is 18.4 Å². The number of carbonyl (C=O) groups excluding carboxylic acids is 2. The summed E-state index contributed by atoms with van der Waals surface area (Å²) >= 11 is 0. The molecule has 4 aromatic rings. The largest absolute Gasteiger partial charge is 0.489 e. The molecule has 0 aliphatic carbocycles. The predicted octanol–water partition coefficient (Wildman–Crippen LogP) is 4.81. The number of carboxylic acids is 3. The van der Waals surface area contributed by atoms with Crippen LogP contribution in [0.3, 0.4) is 0 Å². The Morgan fingerprint density at radius 2 is 1.70 bits per heavy atom. The number of guanidine groups is 1. The number of aliphatic carboxylic acids is 2. The van der Waals surface area contributed by atoms with E-state index in [1.807, 2.05) is 18.2 Å². The number of carbonyl (C=O) groups is 5. The van der Waals surface area contributed by atoms with Crippen molar-refractivity contribution in [2.75, 3.05) is 11.9 Å². The van der Waals surface area contributed by atoms with Gasteiger partial charge in [-0.25, -0.2) is 14.4 Å². The van der Waals surface area contributed by atoms with E-state index >= 15 is 0 Å². The molecule has 1 aliphatic heterocycles. The van der Waals surface area contributed by atoms with Crippen LogP contribution in [0, 0.1) is 5.41 Å². The Bertz CT molecular complexity index is 2040. The van der Waals surface area contributed by atoms with E-state index in [0.717, 1.165) is 10.5 Å². The lowest BCUT2D eigenvalue weighted by atomic mass is 10.0. The molecule has 0 spiro atoms. The molecule has 0 radical (unpaired) electrons. The zero-order chi connectivity index (χ0) is 37.4. The van der Waals surface area contributed by atoms with Gasteiger partial charge in [-0.3, -0.25) is 15.0 Å². The van der Waals surface area contributed by atoms with Gasteiger partial charge in [-0.2, -0.15) is 0 Å². The Hall–Kier alpha value is -6.61. The van der Waals surface area contributed by atoms with E-state index in [0.29, 0.717) is 24.1 Å². The molecule has 4 aromatic carbocycles. The normalized spacial score (nSPS) is 12.6. The maximum Gasteiger partial charge on any atom is 0.343 e. The molecule has 1 atom stereocenters. The first-order valence-electron chi connectivity index (χ1n) is 15.9. The monoisotopic (exact) mass is 746 g/mol. The predicted molar refractivity (Wildman–Crippen MR) is 192 cm³/mol. The first-order valence-corrected chi connectivity index (χ1v) is 15.9. The highest BCUT2D eigenvalue weighted by Gasteiger charge is 2.35. The number of benzene rings is 4. The lowest BCUT2D eigenvalue weighted by Gasteiger charge is -2.29. The van der Waals surface area contributed by atoms with Crippen LogP contribution in [-0.4, -0.2) is 68.6 Å². The molecule has 1 heterocycles. The summed E-state index contributed by atoms with van der Waals surface area (Å²) in [5.41, 5.74) is 7.24. The van der Waals surface area contributed by atoms with Crippen molar-refractivity contribution in [1.82, 2.24) is 4.90 Å². The Kier molecular flexibility index (Phi) is 13.0. The summed E-state index contributed by atoms with van der Waals surface area (Å²) in [6.45, 7) is -0.436. The number of amides is 1. The number of fused-ring (bicyclic) bond motifs is 2. The van der Waals surface area contributed by atoms with E-state index in [1.54, 1.807) is 24.3 Å². The van der Waals surface area contributed by atoms with Crippen molar-refractivity contribution in [3.8, 4) is 17.2 Å². The van der Waals surface area contributed by atoms with E-state index in [1.165, 1.54) is 42.5 Å². The van der Waals surface area contributed by atoms with Crippen molar-refractivity contribution < 1.29 is 53.5 Å². The second-order valence-electron chi connectivity index (χ2n) is 11.7. The van der Waals surface area contributed by atoms with Crippen LogP contribution in [0.15, 0.2) is 84.9 Å². The van der Waals surface area contributed by atoms with Gasteiger partial charge in [-0.15, -0.1) is 12.4 Å². The summed E-state index contributed by atoms with van der Waals surface area (Å²) in [6.07, 6.45) is -0.289. The highest BCUT2D eigenvalue weighted by atomic mass is 35.5. The number of nitrogens with two attached hydrogens (primary N) is 1. The summed E-state index contributed by atoms with van der Waals surface area (Å²) in [7, 11) is 0. The fourth-order valence-corrected chi connectivity index (χ4v) is 5.61. The second kappa shape index (κ2) is 17.5. The number of esters is 1. The number of aromatic carboxylic acids is 1. The smallest absolute Gasteiger partial charge is 0.343 e. The first-order chi connectivity index (χ1) is 24.9. The Balaban J connectivity index is 0.00000627. The van der Waals surface area contributed by atoms with Gasteiger partial charge in [0, 0.05) is 12.2 Å². The molecule has 5 rings (SSSR count). The molecule has 276 valence electrons. The SMILES string of the molecule is Cl.N=C(N)Nc1ccc2c(c1)CCCOc1c(cccc1C(=O)N(Cc1cc(OCc3ccccc3)cc(C(=O)O)c1)[C@@H](CC(=O)O)C(=O)O)OC2=O. The van der Waals surface area contributed by atoms with Crippen molar-refractivity contribution in [1.29, 1.82) is 5.41 Å². The van der Waals surface area contributed by atoms with Crippen LogP contribution < -0.4 is 25.3 Å². The molecule has 7 N–H and O–H groups in total. The molecule has 0 fully saturated rings. The van der Waals surface area contributed by atoms with E-state index in [-0.39, 0.29) is 71.1 Å². The maximum absolute atomic E-state index is 14.4. The zero-order valence-corrected chi connectivity index (χ0v) is 28.8. The maximum atomic E-state index is 14.4. The molecule has 0 unspecified atom stereocenters. The van der Waals surface area contributed by atoms with Crippen LogP contribution in [0.4, 0.5) is 5.69 Å². The van der Waals surface area contributed by atoms with Crippen molar-refractivity contribution in [2.24, 2.45) is 5.73 Å². The summed E-state index contributed by atoms with van der Waals surface area (Å²) in [6, 6.07) is 19.9. The molecule has 0 aromatic heterocycles. The number of nitrogens with zero attached hydrogens (tertiary/aromatic N) is 1. The fourth-order valence-electron chi connectivity index (χ4n) is 5.61. The first kappa shape index (κ1) is 39.2. The van der Waals surface area contributed by atoms with Crippen LogP contribution in [0.5, 0.6) is 17.2 Å². The number of hydrogen-bond donors (Lipinski definition) is 6. The lowest BCUT2D eigenvalue weighted by Crippen LogP contribution is -2.46. The van der Waals surface area contributed by atoms with Crippen LogP contribution in [0.1, 0.15) is 60.6 Å². The molecule has 1 aliphatic rings. The van der Waals surface area contributed by atoms with E-state index < -0.39 is 48.8 Å². The Morgan fingerprint density at radius 1 is 0.943 bits per heavy atom. The molecule has 0 saturated heterocycles. The average molecular weight is 747 g/mol. The van der Waals surface area contributed by atoms with Gasteiger partial charge < -0.3 is 45.5 Å². The number of carboxylic acid groups (broad SMARTS) is 3. The molecular weight excluding hydrogens is 712 g/mol. The summed E-state index contributed by atoms with van der Waals surface area (Å²) in [5.74, 6) is -6.69. The minimum absolute atomic E-state index is 0. The molecule has 15 nitrogen and oxygen atoms in total. The third-order valence-corrected chi connectivity index (χ3v) is 7.96. The summed E-state index contributed by atoms with van der Waals surface area (Å²) in [4.78, 5) is 65.0. The van der Waals surface area contributed by atoms with Crippen LogP contribution in [0.25, 0.3) is 0 Å². The van der Waals surface area contributed by atoms with Crippen LogP contribution in [-0.2, 0) is 29.2 Å². The van der Waals surface area contributed by atoms with E-state index in [9.17, 15) is 39.3 Å². The molecular formula is C37H35ClN4O11. The number of halogens is 1. The fraction of sp³-hybridized carbons (Fsp3) is 0.189. The average Bonchev–Trinajstić information content (AvgIpc) is 3.10. The Morgan fingerprint density at radius 3 is 2.38 bits per heavy atom. The lowest BCUT2D eigenvalue weighted by molar-refractivity contribution is -0.149. The Labute approximate surface area is 308 Å². The van der Waals surface area contributed by atoms with Crippen LogP contribution in [0.2, 0.25) is 0 Å². The number of anilines is 1. The highest BCUT2D eigenvalue weighted by molar-refractivity contribution is 6.01. The standard InChI is InChI=1S/C37H34N4O11.ClH/c38-37(39)40-25-11-12-27-23(16-25)8-5-13-50-32-28(9-4-10-30(32)52-36(27)49)33(44)41(29(35(47)48)18-31(42)43)19-22-14-24(34(45)46)17-26(15-22)51-20-21-6-2-1-3-7-21;/h1-4,6-7,9-12,14-17,29H,5,8,13,18-20H2,(H,42,43)(H,45,46)(H,47,48)(H4,38,39,40);1H/t29-;/m0./s1. The van der Waals surface area contributed by atoms with Gasteiger partial charge in [-0.1, -0.05) is 36.4 Å².